The average molecular weight is 635 g/mol. The smallest absolute Gasteiger partial charge is 0.269 e. The summed E-state index contributed by atoms with van der Waals surface area (Å²) < 4.78 is 7.17. The van der Waals surface area contributed by atoms with Gasteiger partial charge in [0.25, 0.3) is 5.69 Å². The number of thiocarbonyl (C=S) groups is 1. The minimum atomic E-state index is -0.421. The van der Waals surface area contributed by atoms with Gasteiger partial charge in [-0.1, -0.05) is 38.5 Å². The van der Waals surface area contributed by atoms with E-state index < -0.39 is 4.92 Å². The fourth-order valence-electron chi connectivity index (χ4n) is 4.72. The summed E-state index contributed by atoms with van der Waals surface area (Å²) in [7, 11) is 1.63. The molecule has 0 aliphatic heterocycles. The molecule has 2 unspecified atom stereocenters. The number of hydrogen-bond donors (Lipinski definition) is 2. The van der Waals surface area contributed by atoms with E-state index in [0.717, 1.165) is 35.5 Å². The second-order valence-electron chi connectivity index (χ2n) is 10.6. The van der Waals surface area contributed by atoms with Crippen molar-refractivity contribution < 1.29 is 14.5 Å². The first-order valence-corrected chi connectivity index (χ1v) is 15.8. The molecule has 4 aromatic rings. The fraction of sp³-hybridized carbons (Fsp3) is 0.344. The number of nitro benzene ring substituents is 1. The van der Waals surface area contributed by atoms with E-state index in [2.05, 4.69) is 45.8 Å². The van der Waals surface area contributed by atoms with Gasteiger partial charge in [0.1, 0.15) is 5.75 Å². The second kappa shape index (κ2) is 16.0. The van der Waals surface area contributed by atoms with Gasteiger partial charge in [-0.25, -0.2) is 4.98 Å². The zero-order valence-corrected chi connectivity index (χ0v) is 26.8. The number of thiophene rings is 1. The van der Waals surface area contributed by atoms with Crippen LogP contribution in [-0.2, 0) is 24.2 Å². The molecular formula is C32H38N6O4S2. The monoisotopic (exact) mass is 634 g/mol. The number of benzene rings is 2. The zero-order chi connectivity index (χ0) is 31.5. The molecule has 0 bridgehead atoms. The van der Waals surface area contributed by atoms with Gasteiger partial charge in [0, 0.05) is 60.3 Å². The van der Waals surface area contributed by atoms with Crippen LogP contribution in [0.3, 0.4) is 0 Å². The molecule has 2 aromatic heterocycles. The Morgan fingerprint density at radius 3 is 2.57 bits per heavy atom. The van der Waals surface area contributed by atoms with Gasteiger partial charge in [-0.2, -0.15) is 0 Å². The van der Waals surface area contributed by atoms with E-state index in [9.17, 15) is 14.9 Å². The third-order valence-corrected chi connectivity index (χ3v) is 8.87. The number of hydrogen-bond acceptors (Lipinski definition) is 7. The van der Waals surface area contributed by atoms with Crippen LogP contribution in [0.5, 0.6) is 5.75 Å². The van der Waals surface area contributed by atoms with E-state index in [0.29, 0.717) is 24.7 Å². The molecule has 2 aromatic carbocycles. The molecule has 0 saturated heterocycles. The Balaban J connectivity index is 1.44. The molecule has 4 rings (SSSR count). The lowest BCUT2D eigenvalue weighted by atomic mass is 9.98. The molecule has 0 saturated carbocycles. The summed E-state index contributed by atoms with van der Waals surface area (Å²) in [6.07, 6.45) is 5.24. The predicted octanol–water partition coefficient (Wildman–Crippen LogP) is 5.92. The Morgan fingerprint density at radius 1 is 1.18 bits per heavy atom. The van der Waals surface area contributed by atoms with Crippen LogP contribution in [0.1, 0.15) is 36.4 Å². The number of ether oxygens (including phenoxy) is 1. The van der Waals surface area contributed by atoms with E-state index >= 15 is 0 Å². The van der Waals surface area contributed by atoms with Crippen molar-refractivity contribution in [3.63, 3.8) is 0 Å². The Hall–Kier alpha value is -4.29. The number of carbonyl (C=O) groups is 1. The lowest BCUT2D eigenvalue weighted by Gasteiger charge is -2.33. The van der Waals surface area contributed by atoms with Crippen LogP contribution in [0.15, 0.2) is 78.6 Å². The molecule has 2 atom stereocenters. The molecule has 2 heterocycles. The van der Waals surface area contributed by atoms with Crippen molar-refractivity contribution in [2.45, 2.75) is 45.7 Å². The Kier molecular flexibility index (Phi) is 11.8. The second-order valence-corrected chi connectivity index (χ2v) is 12.0. The standard InChI is InChI=1S/C32H38N6O4S2/c1-4-23(2)30(35-31(39)18-27-19-33-22-37(27)20-24-7-11-26(12-8-24)38(40)41)21-36(16-15-29-6-5-17-44-29)32(43)34-25-9-13-28(42-3)14-10-25/h5-14,17,19,22-23,30H,4,15-16,18,20-21H2,1-3H3,(H,34,43)(H,35,39). The lowest BCUT2D eigenvalue weighted by Crippen LogP contribution is -2.50. The van der Waals surface area contributed by atoms with Crippen molar-refractivity contribution in [1.29, 1.82) is 0 Å². The van der Waals surface area contributed by atoms with Crippen LogP contribution in [0, 0.1) is 16.0 Å². The summed E-state index contributed by atoms with van der Waals surface area (Å²) in [5, 5.41) is 20.3. The Bertz CT molecular complexity index is 1510. The fourth-order valence-corrected chi connectivity index (χ4v) is 5.70. The number of methoxy groups -OCH3 is 1. The quantitative estimate of drug-likeness (QED) is 0.0941. The van der Waals surface area contributed by atoms with Gasteiger partial charge < -0.3 is 24.8 Å². The lowest BCUT2D eigenvalue weighted by molar-refractivity contribution is -0.384. The molecule has 0 aliphatic rings. The van der Waals surface area contributed by atoms with Crippen molar-refractivity contribution in [2.75, 3.05) is 25.5 Å². The number of anilines is 1. The largest absolute Gasteiger partial charge is 0.497 e. The van der Waals surface area contributed by atoms with Gasteiger partial charge in [-0.05, 0) is 65.8 Å². The van der Waals surface area contributed by atoms with Crippen molar-refractivity contribution in [3.8, 4) is 5.75 Å². The average Bonchev–Trinajstić information content (AvgIpc) is 3.71. The van der Waals surface area contributed by atoms with Gasteiger partial charge in [-0.3, -0.25) is 14.9 Å². The first kappa shape index (κ1) is 32.6. The van der Waals surface area contributed by atoms with Gasteiger partial charge in [0.15, 0.2) is 5.11 Å². The van der Waals surface area contributed by atoms with E-state index in [1.54, 1.807) is 43.1 Å². The molecule has 1 amide bonds. The number of carbonyl (C=O) groups excluding carboxylic acids is 1. The van der Waals surface area contributed by atoms with Crippen LogP contribution in [-0.4, -0.2) is 56.6 Å². The maximum atomic E-state index is 13.4. The SMILES string of the molecule is CCC(C)C(CN(CCc1cccs1)C(=S)Nc1ccc(OC)cc1)NC(=O)Cc1cncn1Cc1ccc([N+](=O)[O-])cc1. The molecule has 232 valence electrons. The van der Waals surface area contributed by atoms with E-state index in [1.807, 2.05) is 34.9 Å². The van der Waals surface area contributed by atoms with Crippen LogP contribution < -0.4 is 15.4 Å². The molecule has 0 aliphatic carbocycles. The summed E-state index contributed by atoms with van der Waals surface area (Å²) >= 11 is 7.61. The van der Waals surface area contributed by atoms with Crippen LogP contribution >= 0.6 is 23.6 Å². The number of aromatic nitrogens is 2. The predicted molar refractivity (Wildman–Crippen MR) is 178 cm³/mol. The molecule has 44 heavy (non-hydrogen) atoms. The number of nitrogens with zero attached hydrogens (tertiary/aromatic N) is 4. The summed E-state index contributed by atoms with van der Waals surface area (Å²) in [5.74, 6) is 0.870. The summed E-state index contributed by atoms with van der Waals surface area (Å²) in [5.41, 5.74) is 2.54. The Labute approximate surface area is 267 Å². The first-order chi connectivity index (χ1) is 21.2. The minimum Gasteiger partial charge on any atom is -0.497 e. The third-order valence-electron chi connectivity index (χ3n) is 7.57. The number of imidazole rings is 1. The summed E-state index contributed by atoms with van der Waals surface area (Å²) in [4.78, 5) is 31.6. The van der Waals surface area contributed by atoms with E-state index in [1.165, 1.54) is 17.0 Å². The highest BCUT2D eigenvalue weighted by Gasteiger charge is 2.24. The number of amides is 1. The third kappa shape index (κ3) is 9.35. The van der Waals surface area contributed by atoms with Gasteiger partial charge in [-0.15, -0.1) is 11.3 Å². The molecule has 10 nitrogen and oxygen atoms in total. The van der Waals surface area contributed by atoms with Gasteiger partial charge >= 0.3 is 0 Å². The molecule has 2 N–H and O–H groups in total. The van der Waals surface area contributed by atoms with E-state index in [-0.39, 0.29) is 30.0 Å². The van der Waals surface area contributed by atoms with E-state index in [4.69, 9.17) is 17.0 Å². The summed E-state index contributed by atoms with van der Waals surface area (Å²) in [6.45, 7) is 5.97. The van der Waals surface area contributed by atoms with Crippen LogP contribution in [0.25, 0.3) is 0 Å². The molecule has 0 spiro atoms. The van der Waals surface area contributed by atoms with Crippen LogP contribution in [0.4, 0.5) is 11.4 Å². The molecule has 0 radical (unpaired) electrons. The van der Waals surface area contributed by atoms with Crippen molar-refractivity contribution in [3.05, 3.63) is 105 Å². The number of nitrogens with one attached hydrogen (secondary N) is 2. The summed E-state index contributed by atoms with van der Waals surface area (Å²) in [6, 6.07) is 18.0. The van der Waals surface area contributed by atoms with Gasteiger partial charge in [0.05, 0.1) is 24.8 Å². The highest BCUT2D eigenvalue weighted by molar-refractivity contribution is 7.80. The number of non-ortho nitro benzene ring substituents is 1. The normalized spacial score (nSPS) is 12.2. The topological polar surface area (TPSA) is 115 Å². The number of nitro groups is 1. The van der Waals surface area contributed by atoms with Crippen LogP contribution in [0.2, 0.25) is 0 Å². The van der Waals surface area contributed by atoms with Gasteiger partial charge in [0.2, 0.25) is 5.91 Å². The zero-order valence-electron chi connectivity index (χ0n) is 25.1. The minimum absolute atomic E-state index is 0.0400. The Morgan fingerprint density at radius 2 is 1.93 bits per heavy atom. The molecule has 0 fully saturated rings. The highest BCUT2D eigenvalue weighted by atomic mass is 32.1. The van der Waals surface area contributed by atoms with Crippen molar-refractivity contribution in [1.82, 2.24) is 19.8 Å². The number of rotatable bonds is 15. The maximum absolute atomic E-state index is 13.4. The highest BCUT2D eigenvalue weighted by Crippen LogP contribution is 2.18. The first-order valence-electron chi connectivity index (χ1n) is 14.5. The maximum Gasteiger partial charge on any atom is 0.269 e. The van der Waals surface area contributed by atoms with Crippen molar-refractivity contribution >= 4 is 45.9 Å². The van der Waals surface area contributed by atoms with Crippen molar-refractivity contribution in [2.24, 2.45) is 5.92 Å². The molecule has 12 heteroatoms. The molecular weight excluding hydrogens is 597 g/mol.